The number of thiazole rings is 1. The number of hydrogen-bond acceptors (Lipinski definition) is 5. The molecule has 0 amide bonds. The Labute approximate surface area is 219 Å². The van der Waals surface area contributed by atoms with Crippen molar-refractivity contribution in [3.8, 4) is 5.13 Å². The zero-order valence-corrected chi connectivity index (χ0v) is 21.3. The molecule has 8 heteroatoms. The maximum Gasteiger partial charge on any atom is 0.194 e. The molecule has 2 N–H and O–H groups in total. The van der Waals surface area contributed by atoms with E-state index in [1.165, 1.54) is 4.70 Å². The Morgan fingerprint density at radius 2 is 1.78 bits per heavy atom. The number of anilines is 1. The quantitative estimate of drug-likeness (QED) is 0.199. The van der Waals surface area contributed by atoms with Gasteiger partial charge in [0.1, 0.15) is 0 Å². The number of nitrogens with zero attached hydrogens (tertiary/aromatic N) is 4. The van der Waals surface area contributed by atoms with E-state index in [-0.39, 0.29) is 12.1 Å². The third-order valence-electron chi connectivity index (χ3n) is 6.45. The molecule has 0 radical (unpaired) electrons. The Morgan fingerprint density at radius 3 is 2.61 bits per heavy atom. The maximum atomic E-state index is 5.87. The summed E-state index contributed by atoms with van der Waals surface area (Å²) in [6.07, 6.45) is 4.89. The third kappa shape index (κ3) is 4.45. The lowest BCUT2D eigenvalue weighted by molar-refractivity contribution is 0.307. The summed E-state index contributed by atoms with van der Waals surface area (Å²) in [6, 6.07) is 28.8. The summed E-state index contributed by atoms with van der Waals surface area (Å²) in [4.78, 5) is 11.9. The van der Waals surface area contributed by atoms with Gasteiger partial charge in [0.25, 0.3) is 0 Å². The van der Waals surface area contributed by atoms with Crippen LogP contribution in [0.5, 0.6) is 0 Å². The fourth-order valence-electron chi connectivity index (χ4n) is 4.78. The number of thiocarbonyl (C=S) groups is 1. The topological polar surface area (TPSA) is 58.0 Å². The average Bonchev–Trinajstić information content (AvgIpc) is 3.64. The summed E-state index contributed by atoms with van der Waals surface area (Å²) < 4.78 is 3.38. The van der Waals surface area contributed by atoms with Gasteiger partial charge in [0.15, 0.2) is 10.2 Å². The molecule has 6 rings (SSSR count). The number of para-hydroxylation sites is 2. The molecule has 0 aliphatic carbocycles. The van der Waals surface area contributed by atoms with Crippen molar-refractivity contribution in [2.24, 2.45) is 0 Å². The Kier molecular flexibility index (Phi) is 6.36. The molecule has 5 aromatic rings. The van der Waals surface area contributed by atoms with Crippen molar-refractivity contribution >= 4 is 44.6 Å². The molecule has 3 aromatic heterocycles. The molecular formula is C28H26N6S2. The highest BCUT2D eigenvalue weighted by Gasteiger charge is 2.41. The van der Waals surface area contributed by atoms with Crippen molar-refractivity contribution < 1.29 is 0 Å². The Hall–Kier alpha value is -3.75. The van der Waals surface area contributed by atoms with E-state index in [0.717, 1.165) is 52.3 Å². The third-order valence-corrected chi connectivity index (χ3v) is 7.84. The van der Waals surface area contributed by atoms with Crippen LogP contribution in [0.3, 0.4) is 0 Å². The number of fused-ring (bicyclic) bond motifs is 1. The lowest BCUT2D eigenvalue weighted by Crippen LogP contribution is -2.32. The lowest BCUT2D eigenvalue weighted by atomic mass is 10.0. The minimum absolute atomic E-state index is 0.00821. The van der Waals surface area contributed by atoms with E-state index in [2.05, 4.69) is 79.8 Å². The van der Waals surface area contributed by atoms with Crippen molar-refractivity contribution in [1.82, 2.24) is 24.8 Å². The van der Waals surface area contributed by atoms with Crippen molar-refractivity contribution in [2.45, 2.75) is 18.5 Å². The standard InChI is InChI=1S/C28H26N6S2/c35-27-32-25(22-13-6-7-16-30-22)26(34(27)19-9-17-29-20-10-2-1-3-11-20)23-14-8-18-33(23)28-31-21-12-4-5-15-24(21)36-28/h1-8,10-16,18,25-26,29H,9,17,19H2,(H,32,35)/t25-,26+/m1/s1. The van der Waals surface area contributed by atoms with Crippen LogP contribution in [0.2, 0.25) is 0 Å². The fourth-order valence-corrected chi connectivity index (χ4v) is 6.08. The second-order valence-electron chi connectivity index (χ2n) is 8.73. The Morgan fingerprint density at radius 1 is 0.944 bits per heavy atom. The van der Waals surface area contributed by atoms with Crippen LogP contribution in [0.1, 0.15) is 29.9 Å². The molecule has 1 saturated heterocycles. The summed E-state index contributed by atoms with van der Waals surface area (Å²) in [6.45, 7) is 1.69. The van der Waals surface area contributed by atoms with Crippen LogP contribution in [0, 0.1) is 0 Å². The van der Waals surface area contributed by atoms with E-state index in [0.29, 0.717) is 0 Å². The van der Waals surface area contributed by atoms with Gasteiger partial charge in [0.2, 0.25) is 0 Å². The van der Waals surface area contributed by atoms with Crippen LogP contribution in [0.25, 0.3) is 15.3 Å². The van der Waals surface area contributed by atoms with Gasteiger partial charge in [0, 0.05) is 31.2 Å². The van der Waals surface area contributed by atoms with Crippen LogP contribution >= 0.6 is 23.6 Å². The summed E-state index contributed by atoms with van der Waals surface area (Å²) in [5.74, 6) is 0. The first-order chi connectivity index (χ1) is 17.8. The monoisotopic (exact) mass is 510 g/mol. The molecule has 0 spiro atoms. The number of rotatable bonds is 8. The molecule has 1 fully saturated rings. The first-order valence-corrected chi connectivity index (χ1v) is 13.3. The summed E-state index contributed by atoms with van der Waals surface area (Å²) in [5, 5.41) is 8.79. The van der Waals surface area contributed by atoms with E-state index >= 15 is 0 Å². The van der Waals surface area contributed by atoms with Crippen molar-refractivity contribution in [1.29, 1.82) is 0 Å². The van der Waals surface area contributed by atoms with Crippen molar-refractivity contribution in [3.63, 3.8) is 0 Å². The molecule has 0 unspecified atom stereocenters. The highest BCUT2D eigenvalue weighted by molar-refractivity contribution is 7.80. The average molecular weight is 511 g/mol. The molecule has 1 aliphatic heterocycles. The maximum absolute atomic E-state index is 5.87. The van der Waals surface area contributed by atoms with Crippen LogP contribution < -0.4 is 10.6 Å². The number of pyridine rings is 1. The molecular weight excluding hydrogens is 484 g/mol. The van der Waals surface area contributed by atoms with Gasteiger partial charge in [-0.15, -0.1) is 0 Å². The highest BCUT2D eigenvalue weighted by Crippen LogP contribution is 2.40. The Bertz CT molecular complexity index is 1430. The second-order valence-corrected chi connectivity index (χ2v) is 10.1. The predicted molar refractivity (Wildman–Crippen MR) is 151 cm³/mol. The van der Waals surface area contributed by atoms with Crippen molar-refractivity contribution in [3.05, 3.63) is 109 Å². The van der Waals surface area contributed by atoms with Crippen LogP contribution in [0.4, 0.5) is 5.69 Å². The Balaban J connectivity index is 1.31. The minimum atomic E-state index is -0.0520. The molecule has 2 aromatic carbocycles. The van der Waals surface area contributed by atoms with Gasteiger partial charge < -0.3 is 15.5 Å². The van der Waals surface area contributed by atoms with Gasteiger partial charge in [-0.1, -0.05) is 47.7 Å². The molecule has 1 aliphatic rings. The van der Waals surface area contributed by atoms with E-state index in [1.54, 1.807) is 11.3 Å². The van der Waals surface area contributed by atoms with Gasteiger partial charge in [-0.25, -0.2) is 4.98 Å². The first kappa shape index (κ1) is 22.7. The summed E-state index contributed by atoms with van der Waals surface area (Å²) >= 11 is 7.57. The predicted octanol–water partition coefficient (Wildman–Crippen LogP) is 5.96. The lowest BCUT2D eigenvalue weighted by Gasteiger charge is -2.28. The van der Waals surface area contributed by atoms with Crippen LogP contribution in [-0.4, -0.2) is 37.6 Å². The minimum Gasteiger partial charge on any atom is -0.385 e. The summed E-state index contributed by atoms with van der Waals surface area (Å²) in [7, 11) is 0. The summed E-state index contributed by atoms with van der Waals surface area (Å²) in [5.41, 5.74) is 4.27. The number of aromatic nitrogens is 3. The molecule has 180 valence electrons. The van der Waals surface area contributed by atoms with Gasteiger partial charge in [0.05, 0.1) is 33.7 Å². The molecule has 6 nitrogen and oxygen atoms in total. The van der Waals surface area contributed by atoms with E-state index in [1.807, 2.05) is 42.6 Å². The van der Waals surface area contributed by atoms with Gasteiger partial charge in [-0.05, 0) is 67.2 Å². The molecule has 0 bridgehead atoms. The smallest absolute Gasteiger partial charge is 0.194 e. The van der Waals surface area contributed by atoms with Gasteiger partial charge in [-0.3, -0.25) is 9.55 Å². The second kappa shape index (κ2) is 10.1. The van der Waals surface area contributed by atoms with Gasteiger partial charge >= 0.3 is 0 Å². The molecule has 0 saturated carbocycles. The molecule has 4 heterocycles. The van der Waals surface area contributed by atoms with Gasteiger partial charge in [-0.2, -0.15) is 0 Å². The zero-order chi connectivity index (χ0) is 24.3. The van der Waals surface area contributed by atoms with Crippen molar-refractivity contribution in [2.75, 3.05) is 18.4 Å². The zero-order valence-electron chi connectivity index (χ0n) is 19.6. The number of nitrogens with one attached hydrogen (secondary N) is 2. The number of hydrogen-bond donors (Lipinski definition) is 2. The van der Waals surface area contributed by atoms with E-state index in [4.69, 9.17) is 17.2 Å². The van der Waals surface area contributed by atoms with E-state index in [9.17, 15) is 0 Å². The highest BCUT2D eigenvalue weighted by atomic mass is 32.1. The number of benzene rings is 2. The fraction of sp³-hybridized carbons (Fsp3) is 0.179. The van der Waals surface area contributed by atoms with E-state index < -0.39 is 0 Å². The first-order valence-electron chi connectivity index (χ1n) is 12.1. The largest absolute Gasteiger partial charge is 0.385 e. The van der Waals surface area contributed by atoms with Crippen LogP contribution in [-0.2, 0) is 0 Å². The molecule has 36 heavy (non-hydrogen) atoms. The molecule has 2 atom stereocenters. The SMILES string of the molecule is S=C1N[C@H](c2ccccn2)[C@H](c2cccn2-c2nc3ccccc3s2)N1CCCNc1ccccc1. The van der Waals surface area contributed by atoms with Crippen LogP contribution in [0.15, 0.2) is 97.3 Å². The normalized spacial score (nSPS) is 17.4.